The number of sulfonamides is 1. The maximum absolute atomic E-state index is 12.5. The number of aliphatic hydroxyl groups is 1. The van der Waals surface area contributed by atoms with Crippen molar-refractivity contribution in [1.82, 2.24) is 4.72 Å². The molecule has 2 N–H and O–H groups in total. The van der Waals surface area contributed by atoms with E-state index in [1.54, 1.807) is 12.1 Å². The second-order valence-electron chi connectivity index (χ2n) is 5.82. The molecule has 0 heterocycles. The molecular weight excluding hydrogens is 334 g/mol. The summed E-state index contributed by atoms with van der Waals surface area (Å²) in [6, 6.07) is 15.5. The molecule has 1 aliphatic rings. The van der Waals surface area contributed by atoms with Crippen LogP contribution in [0.4, 0.5) is 0 Å². The van der Waals surface area contributed by atoms with E-state index in [1.807, 2.05) is 30.3 Å². The molecule has 6 heteroatoms. The molecule has 0 aromatic heterocycles. The summed E-state index contributed by atoms with van der Waals surface area (Å²) < 4.78 is 27.4. The first kappa shape index (κ1) is 16.5. The Labute approximate surface area is 141 Å². The average Bonchev–Trinajstić information content (AvgIpc) is 3.39. The highest BCUT2D eigenvalue weighted by atomic mass is 35.5. The molecule has 0 spiro atoms. The molecule has 122 valence electrons. The third-order valence-corrected chi connectivity index (χ3v) is 6.09. The molecule has 0 radical (unpaired) electrons. The Morgan fingerprint density at radius 2 is 1.70 bits per heavy atom. The standard InChI is InChI=1S/C17H18ClNO3S/c18-15-8-4-5-9-16(15)23(21,22)19-12-17(20,14-10-11-14)13-6-2-1-3-7-13/h1-9,14,19-20H,10-12H2. The first-order valence-corrected chi connectivity index (χ1v) is 9.32. The van der Waals surface area contributed by atoms with Crippen molar-refractivity contribution >= 4 is 21.6 Å². The summed E-state index contributed by atoms with van der Waals surface area (Å²) in [5.41, 5.74) is -0.473. The van der Waals surface area contributed by atoms with Gasteiger partial charge in [0.25, 0.3) is 0 Å². The van der Waals surface area contributed by atoms with Crippen LogP contribution >= 0.6 is 11.6 Å². The Morgan fingerprint density at radius 3 is 2.30 bits per heavy atom. The van der Waals surface area contributed by atoms with Gasteiger partial charge in [-0.05, 0) is 36.5 Å². The topological polar surface area (TPSA) is 66.4 Å². The zero-order valence-electron chi connectivity index (χ0n) is 12.4. The highest BCUT2D eigenvalue weighted by molar-refractivity contribution is 7.89. The van der Waals surface area contributed by atoms with Crippen LogP contribution in [0.15, 0.2) is 59.5 Å². The van der Waals surface area contributed by atoms with Gasteiger partial charge in [0.05, 0.1) is 5.02 Å². The summed E-state index contributed by atoms with van der Waals surface area (Å²) in [4.78, 5) is 0.0212. The van der Waals surface area contributed by atoms with Crippen molar-refractivity contribution in [2.75, 3.05) is 6.54 Å². The van der Waals surface area contributed by atoms with E-state index in [0.717, 1.165) is 18.4 Å². The third-order valence-electron chi connectivity index (χ3n) is 4.18. The van der Waals surface area contributed by atoms with Crippen LogP contribution in [0.2, 0.25) is 5.02 Å². The Kier molecular flexibility index (Phi) is 4.47. The van der Waals surface area contributed by atoms with Crippen molar-refractivity contribution in [1.29, 1.82) is 0 Å². The van der Waals surface area contributed by atoms with Crippen molar-refractivity contribution in [3.05, 3.63) is 65.2 Å². The predicted octanol–water partition coefficient (Wildman–Crippen LogP) is 2.92. The van der Waals surface area contributed by atoms with Crippen LogP contribution in [0.5, 0.6) is 0 Å². The monoisotopic (exact) mass is 351 g/mol. The molecule has 23 heavy (non-hydrogen) atoms. The van der Waals surface area contributed by atoms with Crippen LogP contribution in [0.1, 0.15) is 18.4 Å². The Hall–Kier alpha value is -1.40. The highest BCUT2D eigenvalue weighted by Crippen LogP contribution is 2.45. The summed E-state index contributed by atoms with van der Waals surface area (Å²) in [6.07, 6.45) is 1.78. The number of nitrogens with one attached hydrogen (secondary N) is 1. The summed E-state index contributed by atoms with van der Waals surface area (Å²) in [5.74, 6) is 0.0684. The lowest BCUT2D eigenvalue weighted by Crippen LogP contribution is -2.42. The number of hydrogen-bond donors (Lipinski definition) is 2. The van der Waals surface area contributed by atoms with Gasteiger partial charge in [0.15, 0.2) is 0 Å². The van der Waals surface area contributed by atoms with Crippen molar-refractivity contribution in [3.63, 3.8) is 0 Å². The number of halogens is 1. The first-order valence-electron chi connectivity index (χ1n) is 7.45. The van der Waals surface area contributed by atoms with Gasteiger partial charge in [-0.2, -0.15) is 0 Å². The van der Waals surface area contributed by atoms with Gasteiger partial charge in [0.1, 0.15) is 10.5 Å². The minimum absolute atomic E-state index is 0.0212. The van der Waals surface area contributed by atoms with Crippen LogP contribution in [-0.4, -0.2) is 20.1 Å². The summed E-state index contributed by atoms with van der Waals surface area (Å²) >= 11 is 5.97. The van der Waals surface area contributed by atoms with Gasteiger partial charge in [-0.3, -0.25) is 0 Å². The molecule has 0 saturated heterocycles. The Balaban J connectivity index is 1.84. The largest absolute Gasteiger partial charge is 0.383 e. The molecule has 0 aliphatic heterocycles. The lowest BCUT2D eigenvalue weighted by atomic mass is 9.89. The van der Waals surface area contributed by atoms with Crippen molar-refractivity contribution < 1.29 is 13.5 Å². The average molecular weight is 352 g/mol. The second-order valence-corrected chi connectivity index (χ2v) is 7.96. The molecule has 1 aliphatic carbocycles. The molecule has 0 amide bonds. The molecule has 4 nitrogen and oxygen atoms in total. The zero-order chi connectivity index (χ0) is 16.5. The molecule has 1 atom stereocenters. The van der Waals surface area contributed by atoms with E-state index in [-0.39, 0.29) is 22.4 Å². The quantitative estimate of drug-likeness (QED) is 0.841. The van der Waals surface area contributed by atoms with Crippen LogP contribution in [0.25, 0.3) is 0 Å². The van der Waals surface area contributed by atoms with Gasteiger partial charge in [0.2, 0.25) is 10.0 Å². The van der Waals surface area contributed by atoms with Crippen LogP contribution < -0.4 is 4.72 Å². The van der Waals surface area contributed by atoms with Gasteiger partial charge in [-0.15, -0.1) is 0 Å². The fourth-order valence-electron chi connectivity index (χ4n) is 2.72. The zero-order valence-corrected chi connectivity index (χ0v) is 14.0. The van der Waals surface area contributed by atoms with Crippen molar-refractivity contribution in [2.45, 2.75) is 23.3 Å². The highest BCUT2D eigenvalue weighted by Gasteiger charge is 2.45. The van der Waals surface area contributed by atoms with Gasteiger partial charge in [0, 0.05) is 6.54 Å². The predicted molar refractivity (Wildman–Crippen MR) is 89.7 cm³/mol. The maximum atomic E-state index is 12.5. The third kappa shape index (κ3) is 3.43. The minimum Gasteiger partial charge on any atom is -0.383 e. The first-order chi connectivity index (χ1) is 10.9. The summed E-state index contributed by atoms with van der Waals surface area (Å²) in [7, 11) is -3.78. The van der Waals surface area contributed by atoms with Gasteiger partial charge < -0.3 is 5.11 Å². The van der Waals surface area contributed by atoms with E-state index in [0.29, 0.717) is 0 Å². The molecule has 1 saturated carbocycles. The van der Waals surface area contributed by atoms with Crippen molar-refractivity contribution in [3.8, 4) is 0 Å². The van der Waals surface area contributed by atoms with Crippen molar-refractivity contribution in [2.24, 2.45) is 5.92 Å². The smallest absolute Gasteiger partial charge is 0.242 e. The van der Waals surface area contributed by atoms with Crippen LogP contribution in [-0.2, 0) is 15.6 Å². The fraction of sp³-hybridized carbons (Fsp3) is 0.294. The molecule has 3 rings (SSSR count). The minimum atomic E-state index is -3.78. The SMILES string of the molecule is O=S(=O)(NCC(O)(c1ccccc1)C1CC1)c1ccccc1Cl. The second kappa shape index (κ2) is 6.24. The number of hydrogen-bond acceptors (Lipinski definition) is 3. The Bertz CT molecular complexity index is 790. The van der Waals surface area contributed by atoms with E-state index in [9.17, 15) is 13.5 Å². The van der Waals surface area contributed by atoms with Crippen LogP contribution in [0, 0.1) is 5.92 Å². The van der Waals surface area contributed by atoms with Gasteiger partial charge >= 0.3 is 0 Å². The van der Waals surface area contributed by atoms with Gasteiger partial charge in [-0.25, -0.2) is 13.1 Å². The molecule has 2 aromatic carbocycles. The number of benzene rings is 2. The lowest BCUT2D eigenvalue weighted by molar-refractivity contribution is 0.0185. The molecule has 1 fully saturated rings. The molecule has 0 bridgehead atoms. The lowest BCUT2D eigenvalue weighted by Gasteiger charge is -2.29. The molecule has 1 unspecified atom stereocenters. The summed E-state index contributed by atoms with van der Waals surface area (Å²) in [5, 5.41) is 11.2. The summed E-state index contributed by atoms with van der Waals surface area (Å²) in [6.45, 7) is -0.0742. The van der Waals surface area contributed by atoms with E-state index in [4.69, 9.17) is 11.6 Å². The molecular formula is C17H18ClNO3S. The Morgan fingerprint density at radius 1 is 1.09 bits per heavy atom. The van der Waals surface area contributed by atoms with E-state index >= 15 is 0 Å². The maximum Gasteiger partial charge on any atom is 0.242 e. The number of rotatable bonds is 6. The normalized spacial score (nSPS) is 17.7. The van der Waals surface area contributed by atoms with E-state index in [2.05, 4.69) is 4.72 Å². The fourth-order valence-corrected chi connectivity index (χ4v) is 4.30. The van der Waals surface area contributed by atoms with E-state index in [1.165, 1.54) is 12.1 Å². The van der Waals surface area contributed by atoms with Gasteiger partial charge in [-0.1, -0.05) is 54.1 Å². The van der Waals surface area contributed by atoms with Crippen LogP contribution in [0.3, 0.4) is 0 Å². The van der Waals surface area contributed by atoms with E-state index < -0.39 is 15.6 Å². The molecule has 2 aromatic rings.